The fraction of sp³-hybridized carbons (Fsp3) is 0.0526. The minimum atomic E-state index is -0.373. The highest BCUT2D eigenvalue weighted by Gasteiger charge is 2.14. The van der Waals surface area contributed by atoms with Crippen LogP contribution in [0.25, 0.3) is 10.9 Å². The molecule has 6 heteroatoms. The summed E-state index contributed by atoms with van der Waals surface area (Å²) in [4.78, 5) is 25.4. The van der Waals surface area contributed by atoms with E-state index in [1.165, 1.54) is 6.20 Å². The van der Waals surface area contributed by atoms with Gasteiger partial charge in [-0.1, -0.05) is 24.3 Å². The summed E-state index contributed by atoms with van der Waals surface area (Å²) in [6, 6.07) is 16.7. The summed E-state index contributed by atoms with van der Waals surface area (Å²) in [6.45, 7) is 1.71. The molecule has 124 valence electrons. The summed E-state index contributed by atoms with van der Waals surface area (Å²) in [5.41, 5.74) is 7.17. The number of nitrogens with one attached hydrogen (secondary N) is 1. The maximum atomic E-state index is 12.5. The summed E-state index contributed by atoms with van der Waals surface area (Å²) >= 11 is 0. The molecule has 25 heavy (non-hydrogen) atoms. The number of fused-ring (bicyclic) bond motifs is 1. The highest BCUT2D eigenvalue weighted by Crippen LogP contribution is 2.16. The second-order valence-electron chi connectivity index (χ2n) is 5.31. The van der Waals surface area contributed by atoms with Crippen molar-refractivity contribution in [3.05, 3.63) is 72.6 Å². The predicted octanol–water partition coefficient (Wildman–Crippen LogP) is 3.20. The normalized spacial score (nSPS) is 12.2. The van der Waals surface area contributed by atoms with Crippen molar-refractivity contribution in [2.45, 2.75) is 6.92 Å². The van der Waals surface area contributed by atoms with E-state index in [2.05, 4.69) is 20.3 Å². The number of nitrogens with two attached hydrogens (primary N) is 1. The largest absolute Gasteiger partial charge is 0.404 e. The highest BCUT2D eigenvalue weighted by molar-refractivity contribution is 6.24. The fourth-order valence-electron chi connectivity index (χ4n) is 2.33. The third-order valence-electron chi connectivity index (χ3n) is 3.57. The van der Waals surface area contributed by atoms with Gasteiger partial charge >= 0.3 is 0 Å². The molecule has 6 nitrogen and oxygen atoms in total. The van der Waals surface area contributed by atoms with Crippen molar-refractivity contribution >= 4 is 34.2 Å². The van der Waals surface area contributed by atoms with Crippen LogP contribution in [-0.2, 0) is 4.79 Å². The lowest BCUT2D eigenvalue weighted by Gasteiger charge is -2.08. The molecule has 0 spiro atoms. The number of amides is 1. The smallest absolute Gasteiger partial charge is 0.260 e. The molecular weight excluding hydrogens is 314 g/mol. The van der Waals surface area contributed by atoms with Gasteiger partial charge in [-0.25, -0.2) is 15.0 Å². The van der Waals surface area contributed by atoms with Gasteiger partial charge in [0.05, 0.1) is 16.8 Å². The average molecular weight is 331 g/mol. The van der Waals surface area contributed by atoms with E-state index in [1.807, 2.05) is 36.4 Å². The van der Waals surface area contributed by atoms with E-state index in [4.69, 9.17) is 5.73 Å². The Kier molecular flexibility index (Phi) is 4.80. The summed E-state index contributed by atoms with van der Waals surface area (Å²) in [5.74, 6) is 0.590. The molecule has 1 amide bonds. The Balaban J connectivity index is 1.81. The van der Waals surface area contributed by atoms with Crippen LogP contribution in [0.3, 0.4) is 0 Å². The molecule has 1 aromatic carbocycles. The molecule has 0 fully saturated rings. The van der Waals surface area contributed by atoms with Gasteiger partial charge in [-0.15, -0.1) is 0 Å². The number of carbonyl (C=O) groups is 1. The minimum absolute atomic E-state index is 0.264. The first-order valence-electron chi connectivity index (χ1n) is 7.73. The molecule has 0 saturated heterocycles. The predicted molar refractivity (Wildman–Crippen MR) is 99.6 cm³/mol. The summed E-state index contributed by atoms with van der Waals surface area (Å²) in [5, 5.41) is 3.75. The summed E-state index contributed by atoms with van der Waals surface area (Å²) in [7, 11) is 0. The van der Waals surface area contributed by atoms with Gasteiger partial charge in [0.2, 0.25) is 0 Å². The van der Waals surface area contributed by atoms with Crippen molar-refractivity contribution in [1.29, 1.82) is 0 Å². The molecule has 2 heterocycles. The van der Waals surface area contributed by atoms with Gasteiger partial charge < -0.3 is 11.1 Å². The quantitative estimate of drug-likeness (QED) is 0.567. The van der Waals surface area contributed by atoms with Crippen LogP contribution in [0.4, 0.5) is 11.6 Å². The van der Waals surface area contributed by atoms with Crippen molar-refractivity contribution in [2.75, 3.05) is 5.32 Å². The van der Waals surface area contributed by atoms with Gasteiger partial charge in [-0.3, -0.25) is 4.79 Å². The number of pyridine rings is 2. The molecule has 0 bridgehead atoms. The molecule has 3 N–H and O–H groups in total. The molecule has 3 rings (SSSR count). The maximum absolute atomic E-state index is 12.5. The molecule has 2 aromatic heterocycles. The number of para-hydroxylation sites is 1. The SMILES string of the molecule is CC(=Nc1ccccn1)C(=CN)C(=O)Nc1ccc2ccccc2n1. The molecule has 0 atom stereocenters. The van der Waals surface area contributed by atoms with Crippen LogP contribution in [0.2, 0.25) is 0 Å². The van der Waals surface area contributed by atoms with Crippen molar-refractivity contribution in [1.82, 2.24) is 9.97 Å². The molecule has 3 aromatic rings. The van der Waals surface area contributed by atoms with E-state index in [0.717, 1.165) is 10.9 Å². The number of anilines is 1. The highest BCUT2D eigenvalue weighted by atomic mass is 16.1. The van der Waals surface area contributed by atoms with Gasteiger partial charge in [0.1, 0.15) is 5.82 Å². The van der Waals surface area contributed by atoms with Crippen LogP contribution in [0.15, 0.2) is 77.6 Å². The van der Waals surface area contributed by atoms with E-state index in [-0.39, 0.29) is 11.5 Å². The van der Waals surface area contributed by atoms with E-state index >= 15 is 0 Å². The zero-order valence-corrected chi connectivity index (χ0v) is 13.7. The van der Waals surface area contributed by atoms with Crippen LogP contribution < -0.4 is 11.1 Å². The van der Waals surface area contributed by atoms with Gasteiger partial charge in [-0.2, -0.15) is 0 Å². The molecular formula is C19H17N5O. The Hall–Kier alpha value is -3.54. The molecule has 0 radical (unpaired) electrons. The molecule has 0 aliphatic heterocycles. The first kappa shape index (κ1) is 16.3. The zero-order chi connectivity index (χ0) is 17.6. The maximum Gasteiger partial charge on any atom is 0.260 e. The van der Waals surface area contributed by atoms with Crippen molar-refractivity contribution < 1.29 is 4.79 Å². The Bertz CT molecular complexity index is 964. The van der Waals surface area contributed by atoms with Gasteiger partial charge in [0.15, 0.2) is 5.82 Å². The first-order chi connectivity index (χ1) is 12.2. The summed E-state index contributed by atoms with van der Waals surface area (Å²) < 4.78 is 0. The van der Waals surface area contributed by atoms with Gasteiger partial charge in [0, 0.05) is 17.8 Å². The Labute approximate surface area is 145 Å². The monoisotopic (exact) mass is 331 g/mol. The number of rotatable bonds is 4. The third kappa shape index (κ3) is 3.87. The number of hydrogen-bond acceptors (Lipinski definition) is 5. The van der Waals surface area contributed by atoms with Crippen LogP contribution in [0.1, 0.15) is 6.92 Å². The van der Waals surface area contributed by atoms with Crippen molar-refractivity contribution in [2.24, 2.45) is 10.7 Å². The number of aliphatic imine (C=N–C) groups is 1. The van der Waals surface area contributed by atoms with E-state index in [1.54, 1.807) is 31.3 Å². The van der Waals surface area contributed by atoms with E-state index in [9.17, 15) is 4.79 Å². The number of benzene rings is 1. The fourth-order valence-corrected chi connectivity index (χ4v) is 2.33. The lowest BCUT2D eigenvalue weighted by atomic mass is 10.1. The second-order valence-corrected chi connectivity index (χ2v) is 5.31. The number of hydrogen-bond donors (Lipinski definition) is 2. The second kappa shape index (κ2) is 7.35. The van der Waals surface area contributed by atoms with E-state index < -0.39 is 0 Å². The topological polar surface area (TPSA) is 93.3 Å². The molecule has 0 aliphatic rings. The van der Waals surface area contributed by atoms with Gasteiger partial charge in [-0.05, 0) is 37.3 Å². The summed E-state index contributed by atoms with van der Waals surface area (Å²) in [6.07, 6.45) is 2.87. The zero-order valence-electron chi connectivity index (χ0n) is 13.7. The van der Waals surface area contributed by atoms with Crippen LogP contribution in [0, 0.1) is 0 Å². The molecule has 0 saturated carbocycles. The average Bonchev–Trinajstić information content (AvgIpc) is 2.63. The van der Waals surface area contributed by atoms with E-state index in [0.29, 0.717) is 17.3 Å². The lowest BCUT2D eigenvalue weighted by molar-refractivity contribution is -0.112. The van der Waals surface area contributed by atoms with Gasteiger partial charge in [0.25, 0.3) is 5.91 Å². The standard InChI is InChI=1S/C19H17N5O/c1-13(22-17-8-4-5-11-21-17)15(12-20)19(25)24-18-10-9-14-6-2-3-7-16(14)23-18/h2-12H,20H2,1H3,(H,23,24,25). The van der Waals surface area contributed by atoms with Crippen LogP contribution in [-0.4, -0.2) is 21.6 Å². The first-order valence-corrected chi connectivity index (χ1v) is 7.73. The van der Waals surface area contributed by atoms with Crippen molar-refractivity contribution in [3.63, 3.8) is 0 Å². The van der Waals surface area contributed by atoms with Crippen LogP contribution in [0.5, 0.6) is 0 Å². The van der Waals surface area contributed by atoms with Crippen molar-refractivity contribution in [3.8, 4) is 0 Å². The number of nitrogens with zero attached hydrogens (tertiary/aromatic N) is 3. The molecule has 0 aliphatic carbocycles. The lowest BCUT2D eigenvalue weighted by Crippen LogP contribution is -2.21. The minimum Gasteiger partial charge on any atom is -0.404 e. The number of aromatic nitrogens is 2. The third-order valence-corrected chi connectivity index (χ3v) is 3.57. The number of carbonyl (C=O) groups excluding carboxylic acids is 1. The Morgan fingerprint density at radius 3 is 2.68 bits per heavy atom. The molecule has 0 unspecified atom stereocenters. The van der Waals surface area contributed by atoms with Crippen LogP contribution >= 0.6 is 0 Å². The Morgan fingerprint density at radius 2 is 1.92 bits per heavy atom. The Morgan fingerprint density at radius 1 is 1.12 bits per heavy atom.